The number of hydrogen-bond donors (Lipinski definition) is 0. The standard InChI is InChI=1S/C42H38/c1-3-14-29(15-4-1)32-26-33(30-16-5-2-6-17-30)28-34(27-32)41-37-21-9-11-23-39(37)42(40-24-12-10-22-38(40)41)36-25-13-19-31-18-7-8-20-35(31)36/h1,3-5,9,11,13-14,16-27,29,33H,2,6-8,10,12,15,28H2. The van der Waals surface area contributed by atoms with Crippen molar-refractivity contribution in [2.24, 2.45) is 11.8 Å². The predicted molar refractivity (Wildman–Crippen MR) is 181 cm³/mol. The van der Waals surface area contributed by atoms with Crippen LogP contribution in [0.4, 0.5) is 0 Å². The molecule has 42 heavy (non-hydrogen) atoms. The van der Waals surface area contributed by atoms with Gasteiger partial charge in [0.15, 0.2) is 0 Å². The Kier molecular flexibility index (Phi) is 6.64. The maximum Gasteiger partial charge on any atom is 0.00613 e. The van der Waals surface area contributed by atoms with E-state index in [-0.39, 0.29) is 0 Å². The average Bonchev–Trinajstić information content (AvgIpc) is 3.07. The molecule has 5 aliphatic carbocycles. The lowest BCUT2D eigenvalue weighted by molar-refractivity contribution is 0.722. The third-order valence-electron chi connectivity index (χ3n) is 9.80. The summed E-state index contributed by atoms with van der Waals surface area (Å²) in [5.74, 6) is 0.865. The van der Waals surface area contributed by atoms with E-state index in [4.69, 9.17) is 0 Å². The highest BCUT2D eigenvalue weighted by atomic mass is 14.3. The lowest BCUT2D eigenvalue weighted by Crippen LogP contribution is -2.36. The molecule has 8 rings (SSSR count). The van der Waals surface area contributed by atoms with Gasteiger partial charge in [-0.25, -0.2) is 0 Å². The van der Waals surface area contributed by atoms with E-state index in [1.807, 2.05) is 0 Å². The van der Waals surface area contributed by atoms with Crippen LogP contribution in [-0.4, -0.2) is 0 Å². The van der Waals surface area contributed by atoms with Gasteiger partial charge in [0, 0.05) is 11.8 Å². The number of fused-ring (bicyclic) bond motifs is 3. The molecule has 5 aliphatic rings. The smallest absolute Gasteiger partial charge is 0.00613 e. The summed E-state index contributed by atoms with van der Waals surface area (Å²) in [6.45, 7) is 0. The van der Waals surface area contributed by atoms with E-state index in [2.05, 4.69) is 121 Å². The molecular weight excluding hydrogens is 504 g/mol. The van der Waals surface area contributed by atoms with Gasteiger partial charge in [-0.2, -0.15) is 0 Å². The highest BCUT2D eigenvalue weighted by Crippen LogP contribution is 2.40. The van der Waals surface area contributed by atoms with Crippen LogP contribution in [0.15, 0.2) is 108 Å². The quantitative estimate of drug-likeness (QED) is 0.314. The van der Waals surface area contributed by atoms with Gasteiger partial charge in [-0.1, -0.05) is 121 Å². The maximum absolute atomic E-state index is 2.58. The number of rotatable bonds is 4. The van der Waals surface area contributed by atoms with Crippen LogP contribution >= 0.6 is 0 Å². The number of benzene rings is 3. The maximum atomic E-state index is 2.58. The molecule has 2 unspecified atom stereocenters. The first-order valence-corrected chi connectivity index (χ1v) is 16.0. The van der Waals surface area contributed by atoms with Crippen molar-refractivity contribution in [3.05, 3.63) is 135 Å². The lowest BCUT2D eigenvalue weighted by Gasteiger charge is -2.29. The molecule has 0 aliphatic heterocycles. The molecule has 0 saturated heterocycles. The van der Waals surface area contributed by atoms with Crippen molar-refractivity contribution in [3.63, 3.8) is 0 Å². The number of hydrogen-bond acceptors (Lipinski definition) is 0. The van der Waals surface area contributed by atoms with Crippen molar-refractivity contribution in [1.82, 2.24) is 0 Å². The summed E-state index contributed by atoms with van der Waals surface area (Å²) in [4.78, 5) is 0. The third-order valence-corrected chi connectivity index (χ3v) is 9.80. The molecule has 0 aromatic heterocycles. The second kappa shape index (κ2) is 10.9. The van der Waals surface area contributed by atoms with Crippen LogP contribution in [0.25, 0.3) is 51.8 Å². The summed E-state index contributed by atoms with van der Waals surface area (Å²) in [5, 5.41) is 8.47. The molecule has 0 saturated carbocycles. The second-order valence-electron chi connectivity index (χ2n) is 12.4. The van der Waals surface area contributed by atoms with E-state index in [0.717, 1.165) is 51.4 Å². The summed E-state index contributed by atoms with van der Waals surface area (Å²) in [6, 6.07) is 16.2. The summed E-state index contributed by atoms with van der Waals surface area (Å²) in [7, 11) is 0. The molecule has 0 bridgehead atoms. The Bertz CT molecular complexity index is 2030. The van der Waals surface area contributed by atoms with E-state index in [9.17, 15) is 0 Å². The van der Waals surface area contributed by atoms with Crippen molar-refractivity contribution >= 4 is 40.6 Å². The second-order valence-corrected chi connectivity index (χ2v) is 12.4. The fourth-order valence-electron chi connectivity index (χ4n) is 7.86. The van der Waals surface area contributed by atoms with Crippen LogP contribution in [0.3, 0.4) is 0 Å². The minimum atomic E-state index is 0.420. The summed E-state index contributed by atoms with van der Waals surface area (Å²) >= 11 is 0. The van der Waals surface area contributed by atoms with Crippen LogP contribution in [0.1, 0.15) is 56.9 Å². The van der Waals surface area contributed by atoms with Gasteiger partial charge in [0.2, 0.25) is 0 Å². The molecule has 0 spiro atoms. The van der Waals surface area contributed by atoms with Gasteiger partial charge < -0.3 is 0 Å². The van der Waals surface area contributed by atoms with Gasteiger partial charge >= 0.3 is 0 Å². The zero-order chi connectivity index (χ0) is 27.9. The molecule has 3 aromatic rings. The zero-order valence-electron chi connectivity index (χ0n) is 24.4. The summed E-state index contributed by atoms with van der Waals surface area (Å²) in [6.07, 6.45) is 40.4. The first-order chi connectivity index (χ1) is 20.8. The lowest BCUT2D eigenvalue weighted by atomic mass is 9.75. The largest absolute Gasteiger partial charge is 0.0839 e. The predicted octanol–water partition coefficient (Wildman–Crippen LogP) is 7.95. The Hall–Kier alpha value is -4.16. The van der Waals surface area contributed by atoms with E-state index < -0.39 is 0 Å². The minimum absolute atomic E-state index is 0.420. The summed E-state index contributed by atoms with van der Waals surface area (Å²) < 4.78 is 0. The molecule has 0 nitrogen and oxygen atoms in total. The van der Waals surface area contributed by atoms with Crippen molar-refractivity contribution in [3.8, 4) is 11.1 Å². The molecule has 0 fully saturated rings. The molecule has 0 amide bonds. The molecular formula is C42H38. The Morgan fingerprint density at radius 1 is 0.571 bits per heavy atom. The van der Waals surface area contributed by atoms with Gasteiger partial charge in [-0.3, -0.25) is 0 Å². The number of allylic oxidation sites excluding steroid dienone is 12. The monoisotopic (exact) mass is 542 g/mol. The van der Waals surface area contributed by atoms with Crippen molar-refractivity contribution in [1.29, 1.82) is 0 Å². The Labute approximate surface area is 249 Å². The van der Waals surface area contributed by atoms with Crippen molar-refractivity contribution in [2.45, 2.75) is 51.4 Å². The average molecular weight is 543 g/mol. The minimum Gasteiger partial charge on any atom is -0.0839 e. The van der Waals surface area contributed by atoms with Gasteiger partial charge in [0.25, 0.3) is 0 Å². The Morgan fingerprint density at radius 3 is 2.12 bits per heavy atom. The molecule has 0 radical (unpaired) electrons. The molecule has 0 heterocycles. The van der Waals surface area contributed by atoms with Gasteiger partial charge in [0.05, 0.1) is 0 Å². The SMILES string of the molecule is C1=CCC(C2=CC(C3=CCCC=C3)CC(c3c4c(c(-c5cccc6c5=CCCC=6)c5ccccc35)=CCCC=4)=C2)C=C1. The Balaban J connectivity index is 1.40. The van der Waals surface area contributed by atoms with E-state index in [1.54, 1.807) is 0 Å². The molecule has 2 atom stereocenters. The van der Waals surface area contributed by atoms with E-state index >= 15 is 0 Å². The normalized spacial score (nSPS) is 22.4. The molecule has 0 N–H and O–H groups in total. The molecule has 206 valence electrons. The van der Waals surface area contributed by atoms with E-state index in [1.165, 1.54) is 65.1 Å². The van der Waals surface area contributed by atoms with Crippen molar-refractivity contribution < 1.29 is 0 Å². The van der Waals surface area contributed by atoms with Gasteiger partial charge in [-0.15, -0.1) is 0 Å². The highest BCUT2D eigenvalue weighted by molar-refractivity contribution is 6.04. The van der Waals surface area contributed by atoms with Crippen molar-refractivity contribution in [2.75, 3.05) is 0 Å². The highest BCUT2D eigenvalue weighted by Gasteiger charge is 2.26. The summed E-state index contributed by atoms with van der Waals surface area (Å²) in [5.41, 5.74) is 8.75. The zero-order valence-corrected chi connectivity index (χ0v) is 24.4. The first-order valence-electron chi connectivity index (χ1n) is 16.0. The molecule has 3 aromatic carbocycles. The third kappa shape index (κ3) is 4.45. The molecule has 0 heteroatoms. The van der Waals surface area contributed by atoms with Gasteiger partial charge in [-0.05, 0) is 116 Å². The van der Waals surface area contributed by atoms with Crippen LogP contribution in [0, 0.1) is 11.8 Å². The first kappa shape index (κ1) is 25.5. The fraction of sp³-hybridized carbons (Fsp3) is 0.238. The fourth-order valence-corrected chi connectivity index (χ4v) is 7.86. The van der Waals surface area contributed by atoms with Gasteiger partial charge in [0.1, 0.15) is 0 Å². The van der Waals surface area contributed by atoms with Crippen LogP contribution in [0.2, 0.25) is 0 Å². The van der Waals surface area contributed by atoms with E-state index in [0.29, 0.717) is 11.8 Å². The van der Waals surface area contributed by atoms with Crippen LogP contribution in [0.5, 0.6) is 0 Å². The topological polar surface area (TPSA) is 0 Å². The van der Waals surface area contributed by atoms with Crippen LogP contribution < -0.4 is 20.9 Å². The van der Waals surface area contributed by atoms with Crippen LogP contribution in [-0.2, 0) is 0 Å². The Morgan fingerprint density at radius 2 is 1.33 bits per heavy atom.